The Morgan fingerprint density at radius 1 is 1.12 bits per heavy atom. The van der Waals surface area contributed by atoms with Gasteiger partial charge in [0.15, 0.2) is 6.23 Å². The predicted octanol–water partition coefficient (Wildman–Crippen LogP) is 6.08. The third kappa shape index (κ3) is 3.42. The first-order chi connectivity index (χ1) is 12.2. The minimum absolute atomic E-state index is 0.223. The molecule has 1 N–H and O–H groups in total. The number of thioether (sulfide) groups is 1. The van der Waals surface area contributed by atoms with Gasteiger partial charge in [-0.3, -0.25) is 0 Å². The summed E-state index contributed by atoms with van der Waals surface area (Å²) in [4.78, 5) is 1.21. The highest BCUT2D eigenvalue weighted by molar-refractivity contribution is 9.10. The van der Waals surface area contributed by atoms with Crippen LogP contribution in [0.25, 0.3) is 5.57 Å². The fourth-order valence-electron chi connectivity index (χ4n) is 3.08. The summed E-state index contributed by atoms with van der Waals surface area (Å²) < 4.78 is 7.48. The molecule has 0 saturated carbocycles. The van der Waals surface area contributed by atoms with Crippen molar-refractivity contribution in [2.45, 2.75) is 17.5 Å². The molecule has 0 fully saturated rings. The molecule has 0 aromatic heterocycles. The van der Waals surface area contributed by atoms with E-state index in [1.54, 1.807) is 11.8 Å². The average molecular weight is 412 g/mol. The standard InChI is InChI=1S/C21H18BrNOS/c1-25-16-11-12-18-17-5-3-2-4-6-19(17)23-21(24-20(18)13-16)14-7-9-15(22)10-8-14/h2-4,6-13,21,23H,5H2,1H3/t21-/m1/s1. The van der Waals surface area contributed by atoms with Crippen molar-refractivity contribution in [2.24, 2.45) is 0 Å². The molecule has 1 aliphatic carbocycles. The molecule has 4 rings (SSSR count). The number of hydrogen-bond acceptors (Lipinski definition) is 3. The van der Waals surface area contributed by atoms with Crippen molar-refractivity contribution < 1.29 is 4.74 Å². The van der Waals surface area contributed by atoms with Gasteiger partial charge in [0, 0.05) is 26.2 Å². The van der Waals surface area contributed by atoms with Crippen LogP contribution in [-0.2, 0) is 0 Å². The van der Waals surface area contributed by atoms with E-state index in [0.29, 0.717) is 0 Å². The molecule has 1 heterocycles. The van der Waals surface area contributed by atoms with Crippen molar-refractivity contribution in [3.63, 3.8) is 0 Å². The third-order valence-corrected chi connectivity index (χ3v) is 5.63. The molecule has 2 aromatic carbocycles. The topological polar surface area (TPSA) is 21.3 Å². The Morgan fingerprint density at radius 2 is 1.96 bits per heavy atom. The third-order valence-electron chi connectivity index (χ3n) is 4.38. The SMILES string of the molecule is CSc1ccc2c(c1)O[C@H](c1ccc(Br)cc1)NC1=C2CC=CC=C1. The van der Waals surface area contributed by atoms with E-state index in [-0.39, 0.29) is 6.23 Å². The van der Waals surface area contributed by atoms with Crippen molar-refractivity contribution in [3.8, 4) is 5.75 Å². The summed E-state index contributed by atoms with van der Waals surface area (Å²) in [6.07, 6.45) is 11.2. The van der Waals surface area contributed by atoms with Gasteiger partial charge in [0.2, 0.25) is 0 Å². The molecule has 126 valence electrons. The highest BCUT2D eigenvalue weighted by Gasteiger charge is 2.24. The van der Waals surface area contributed by atoms with Gasteiger partial charge in [-0.2, -0.15) is 0 Å². The quantitative estimate of drug-likeness (QED) is 0.604. The summed E-state index contributed by atoms with van der Waals surface area (Å²) in [5.74, 6) is 0.931. The molecule has 25 heavy (non-hydrogen) atoms. The summed E-state index contributed by atoms with van der Waals surface area (Å²) in [6.45, 7) is 0. The van der Waals surface area contributed by atoms with E-state index >= 15 is 0 Å². The summed E-state index contributed by atoms with van der Waals surface area (Å²) in [5, 5.41) is 3.59. The molecule has 2 nitrogen and oxygen atoms in total. The zero-order valence-electron chi connectivity index (χ0n) is 13.8. The molecular weight excluding hydrogens is 394 g/mol. The van der Waals surface area contributed by atoms with Gasteiger partial charge in [-0.05, 0) is 54.7 Å². The van der Waals surface area contributed by atoms with Gasteiger partial charge in [0.25, 0.3) is 0 Å². The Balaban J connectivity index is 1.83. The number of nitrogens with one attached hydrogen (secondary N) is 1. The van der Waals surface area contributed by atoms with Crippen molar-refractivity contribution >= 4 is 33.3 Å². The maximum Gasteiger partial charge on any atom is 0.196 e. The lowest BCUT2D eigenvalue weighted by Gasteiger charge is -2.21. The molecule has 4 heteroatoms. The number of ether oxygens (including phenoxy) is 1. The molecule has 0 bridgehead atoms. The van der Waals surface area contributed by atoms with E-state index < -0.39 is 0 Å². The van der Waals surface area contributed by atoms with Gasteiger partial charge in [0.05, 0.1) is 0 Å². The Kier molecular flexibility index (Phi) is 4.73. The van der Waals surface area contributed by atoms with Gasteiger partial charge in [-0.1, -0.05) is 46.3 Å². The molecule has 0 radical (unpaired) electrons. The minimum atomic E-state index is -0.223. The predicted molar refractivity (Wildman–Crippen MR) is 109 cm³/mol. The van der Waals surface area contributed by atoms with Gasteiger partial charge in [-0.25, -0.2) is 0 Å². The molecule has 0 saturated heterocycles. The number of hydrogen-bond donors (Lipinski definition) is 1. The summed E-state index contributed by atoms with van der Waals surface area (Å²) in [7, 11) is 0. The van der Waals surface area contributed by atoms with Crippen LogP contribution in [0, 0.1) is 0 Å². The van der Waals surface area contributed by atoms with Crippen LogP contribution in [0.2, 0.25) is 0 Å². The van der Waals surface area contributed by atoms with Gasteiger partial charge >= 0.3 is 0 Å². The second kappa shape index (κ2) is 7.14. The number of halogens is 1. The molecule has 0 amide bonds. The van der Waals surface area contributed by atoms with Crippen LogP contribution in [-0.4, -0.2) is 6.26 Å². The Morgan fingerprint density at radius 3 is 2.76 bits per heavy atom. The molecule has 1 atom stereocenters. The summed E-state index contributed by atoms with van der Waals surface area (Å²) in [6, 6.07) is 14.7. The second-order valence-electron chi connectivity index (χ2n) is 5.94. The molecule has 1 aliphatic heterocycles. The maximum atomic E-state index is 6.42. The van der Waals surface area contributed by atoms with Gasteiger partial charge < -0.3 is 10.1 Å². The smallest absolute Gasteiger partial charge is 0.196 e. The zero-order chi connectivity index (χ0) is 17.2. The van der Waals surface area contributed by atoms with Crippen molar-refractivity contribution in [2.75, 3.05) is 6.26 Å². The first-order valence-corrected chi connectivity index (χ1v) is 10.2. The maximum absolute atomic E-state index is 6.42. The lowest BCUT2D eigenvalue weighted by Crippen LogP contribution is -2.24. The van der Waals surface area contributed by atoms with Crippen LogP contribution in [0.15, 0.2) is 81.8 Å². The van der Waals surface area contributed by atoms with Crippen molar-refractivity contribution in [1.29, 1.82) is 0 Å². The minimum Gasteiger partial charge on any atom is -0.466 e. The lowest BCUT2D eigenvalue weighted by molar-refractivity contribution is 0.182. The van der Waals surface area contributed by atoms with E-state index in [2.05, 4.69) is 82.1 Å². The molecule has 2 aliphatic rings. The Hall–Kier alpha value is -1.91. The van der Waals surface area contributed by atoms with Crippen LogP contribution in [0.1, 0.15) is 23.8 Å². The lowest BCUT2D eigenvalue weighted by atomic mass is 10.00. The molecule has 0 spiro atoms. The van der Waals surface area contributed by atoms with E-state index in [4.69, 9.17) is 4.74 Å². The largest absolute Gasteiger partial charge is 0.466 e. The molecular formula is C21H18BrNOS. The van der Waals surface area contributed by atoms with Crippen molar-refractivity contribution in [1.82, 2.24) is 5.32 Å². The van der Waals surface area contributed by atoms with Crippen LogP contribution >= 0.6 is 27.7 Å². The average Bonchev–Trinajstić information content (AvgIpc) is 2.94. The van der Waals surface area contributed by atoms with E-state index in [1.165, 1.54) is 10.5 Å². The normalized spacial score (nSPS) is 18.6. The van der Waals surface area contributed by atoms with Crippen LogP contribution in [0.4, 0.5) is 0 Å². The zero-order valence-corrected chi connectivity index (χ0v) is 16.2. The highest BCUT2D eigenvalue weighted by atomic mass is 79.9. The van der Waals surface area contributed by atoms with Gasteiger partial charge in [-0.15, -0.1) is 11.8 Å². The molecule has 2 aromatic rings. The fourth-order valence-corrected chi connectivity index (χ4v) is 3.77. The summed E-state index contributed by atoms with van der Waals surface area (Å²) in [5.41, 5.74) is 4.65. The van der Waals surface area contributed by atoms with E-state index in [0.717, 1.165) is 33.5 Å². The Bertz CT molecular complexity index is 883. The first kappa shape index (κ1) is 16.6. The first-order valence-electron chi connectivity index (χ1n) is 8.18. The van der Waals surface area contributed by atoms with Gasteiger partial charge in [0.1, 0.15) is 5.75 Å². The number of benzene rings is 2. The molecule has 0 unspecified atom stereocenters. The summed E-state index contributed by atoms with van der Waals surface area (Å²) >= 11 is 5.23. The number of rotatable bonds is 2. The monoisotopic (exact) mass is 411 g/mol. The number of allylic oxidation sites excluding steroid dienone is 5. The second-order valence-corrected chi connectivity index (χ2v) is 7.73. The van der Waals surface area contributed by atoms with Crippen LogP contribution in [0.3, 0.4) is 0 Å². The fraction of sp³-hybridized carbons (Fsp3) is 0.143. The Labute approximate surface area is 160 Å². The van der Waals surface area contributed by atoms with Crippen molar-refractivity contribution in [3.05, 3.63) is 88.1 Å². The highest BCUT2D eigenvalue weighted by Crippen LogP contribution is 2.39. The van der Waals surface area contributed by atoms with E-state index in [9.17, 15) is 0 Å². The number of fused-ring (bicyclic) bond motifs is 2. The van der Waals surface area contributed by atoms with Crippen LogP contribution < -0.4 is 10.1 Å². The van der Waals surface area contributed by atoms with E-state index in [1.807, 2.05) is 12.1 Å². The van der Waals surface area contributed by atoms with Crippen LogP contribution in [0.5, 0.6) is 5.75 Å².